The summed E-state index contributed by atoms with van der Waals surface area (Å²) in [5.41, 5.74) is 4.60. The van der Waals surface area contributed by atoms with E-state index >= 15 is 0 Å². The van der Waals surface area contributed by atoms with Gasteiger partial charge >= 0.3 is 0 Å². The molecular weight excluding hydrogens is 400 g/mol. The van der Waals surface area contributed by atoms with Gasteiger partial charge in [-0.05, 0) is 58.5 Å². The molecule has 0 nitrogen and oxygen atoms in total. The van der Waals surface area contributed by atoms with Crippen LogP contribution in [0.2, 0.25) is 0 Å². The molecule has 4 heteroatoms. The first kappa shape index (κ1) is 20.6. The first-order chi connectivity index (χ1) is 15.0. The third-order valence-corrected chi connectivity index (χ3v) is 5.09. The normalized spacial score (nSPS) is 11.3. The Morgan fingerprint density at radius 1 is 0.516 bits per heavy atom. The molecule has 0 saturated carbocycles. The Morgan fingerprint density at radius 3 is 1.48 bits per heavy atom. The summed E-state index contributed by atoms with van der Waals surface area (Å²) >= 11 is 0. The standard InChI is InChI=1S/C27H18F4/c1-2-3-17-4-6-18(7-5-17)19-8-10-20(11-9-19)21-12-13-23(24(28)14-21)22-15-25(29)27(31)26(30)16-22/h2-16H,1H3/b3-2+. The minimum absolute atomic E-state index is 0.000566. The van der Waals surface area contributed by atoms with E-state index in [1.807, 2.05) is 67.6 Å². The van der Waals surface area contributed by atoms with Crippen molar-refractivity contribution in [3.8, 4) is 33.4 Å². The second-order valence-electron chi connectivity index (χ2n) is 7.15. The first-order valence-corrected chi connectivity index (χ1v) is 9.74. The lowest BCUT2D eigenvalue weighted by molar-refractivity contribution is 0.447. The van der Waals surface area contributed by atoms with Crippen molar-refractivity contribution in [2.45, 2.75) is 6.92 Å². The molecule has 0 aromatic heterocycles. The number of halogens is 4. The summed E-state index contributed by atoms with van der Waals surface area (Å²) in [6.45, 7) is 1.97. The maximum absolute atomic E-state index is 14.7. The van der Waals surface area contributed by atoms with Gasteiger partial charge in [0.15, 0.2) is 17.5 Å². The summed E-state index contributed by atoms with van der Waals surface area (Å²) in [7, 11) is 0. The Kier molecular flexibility index (Phi) is 5.72. The van der Waals surface area contributed by atoms with Crippen LogP contribution in [0.25, 0.3) is 39.5 Å². The Balaban J connectivity index is 1.61. The molecule has 4 rings (SSSR count). The highest BCUT2D eigenvalue weighted by Crippen LogP contribution is 2.31. The van der Waals surface area contributed by atoms with Gasteiger partial charge in [-0.2, -0.15) is 0 Å². The van der Waals surface area contributed by atoms with Crippen molar-refractivity contribution in [3.05, 3.63) is 114 Å². The molecule has 0 amide bonds. The summed E-state index contributed by atoms with van der Waals surface area (Å²) in [4.78, 5) is 0. The monoisotopic (exact) mass is 418 g/mol. The van der Waals surface area contributed by atoms with Crippen molar-refractivity contribution < 1.29 is 17.6 Å². The summed E-state index contributed by atoms with van der Waals surface area (Å²) in [5, 5.41) is 0. The maximum atomic E-state index is 14.7. The Hall–Kier alpha value is -3.66. The highest BCUT2D eigenvalue weighted by molar-refractivity contribution is 5.74. The highest BCUT2D eigenvalue weighted by Gasteiger charge is 2.14. The molecule has 154 valence electrons. The van der Waals surface area contributed by atoms with Crippen LogP contribution < -0.4 is 0 Å². The topological polar surface area (TPSA) is 0 Å². The van der Waals surface area contributed by atoms with Gasteiger partial charge in [-0.25, -0.2) is 17.6 Å². The van der Waals surface area contributed by atoms with Gasteiger partial charge in [0, 0.05) is 5.56 Å². The van der Waals surface area contributed by atoms with Gasteiger partial charge in [0.1, 0.15) is 5.82 Å². The molecule has 0 N–H and O–H groups in total. The predicted octanol–water partition coefficient (Wildman–Crippen LogP) is 8.28. The molecule has 0 fully saturated rings. The van der Waals surface area contributed by atoms with Crippen LogP contribution in [-0.2, 0) is 0 Å². The van der Waals surface area contributed by atoms with Crippen LogP contribution >= 0.6 is 0 Å². The number of hydrogen-bond acceptors (Lipinski definition) is 0. The van der Waals surface area contributed by atoms with Gasteiger partial charge in [0.25, 0.3) is 0 Å². The van der Waals surface area contributed by atoms with E-state index in [2.05, 4.69) is 0 Å². The zero-order valence-electron chi connectivity index (χ0n) is 16.7. The zero-order chi connectivity index (χ0) is 22.0. The fraction of sp³-hybridized carbons (Fsp3) is 0.0370. The molecule has 0 unspecified atom stereocenters. The molecule has 0 bridgehead atoms. The van der Waals surface area contributed by atoms with Crippen LogP contribution in [0, 0.1) is 23.3 Å². The fourth-order valence-corrected chi connectivity index (χ4v) is 3.47. The van der Waals surface area contributed by atoms with Crippen molar-refractivity contribution >= 4 is 6.08 Å². The lowest BCUT2D eigenvalue weighted by atomic mass is 9.97. The average Bonchev–Trinajstić information content (AvgIpc) is 2.78. The molecule has 31 heavy (non-hydrogen) atoms. The van der Waals surface area contributed by atoms with Crippen LogP contribution in [0.1, 0.15) is 12.5 Å². The summed E-state index contributed by atoms with van der Waals surface area (Å²) in [6, 6.07) is 21.8. The molecule has 0 saturated heterocycles. The maximum Gasteiger partial charge on any atom is 0.194 e. The number of hydrogen-bond donors (Lipinski definition) is 0. The Labute approximate surface area is 178 Å². The van der Waals surface area contributed by atoms with E-state index in [-0.39, 0.29) is 11.1 Å². The summed E-state index contributed by atoms with van der Waals surface area (Å²) < 4.78 is 54.9. The van der Waals surface area contributed by atoms with Gasteiger partial charge in [-0.1, -0.05) is 72.8 Å². The minimum Gasteiger partial charge on any atom is -0.206 e. The second kappa shape index (κ2) is 8.60. The summed E-state index contributed by atoms with van der Waals surface area (Å²) in [6.07, 6.45) is 4.01. The van der Waals surface area contributed by atoms with Gasteiger partial charge in [0.2, 0.25) is 0 Å². The van der Waals surface area contributed by atoms with Crippen LogP contribution in [0.15, 0.2) is 84.9 Å². The van der Waals surface area contributed by atoms with Gasteiger partial charge in [-0.15, -0.1) is 0 Å². The van der Waals surface area contributed by atoms with Crippen LogP contribution in [0.3, 0.4) is 0 Å². The van der Waals surface area contributed by atoms with Crippen molar-refractivity contribution in [3.63, 3.8) is 0 Å². The van der Waals surface area contributed by atoms with Gasteiger partial charge < -0.3 is 0 Å². The molecule has 0 aliphatic carbocycles. The van der Waals surface area contributed by atoms with E-state index in [1.165, 1.54) is 12.1 Å². The average molecular weight is 418 g/mol. The molecule has 0 atom stereocenters. The van der Waals surface area contributed by atoms with Crippen LogP contribution in [-0.4, -0.2) is 0 Å². The molecule has 4 aromatic carbocycles. The SMILES string of the molecule is C/C=C/c1ccc(-c2ccc(-c3ccc(-c4cc(F)c(F)c(F)c4)c(F)c3)cc2)cc1. The fourth-order valence-electron chi connectivity index (χ4n) is 3.47. The van der Waals surface area contributed by atoms with Crippen molar-refractivity contribution in [1.29, 1.82) is 0 Å². The zero-order valence-corrected chi connectivity index (χ0v) is 16.7. The third kappa shape index (κ3) is 4.29. The van der Waals surface area contributed by atoms with Crippen molar-refractivity contribution in [1.82, 2.24) is 0 Å². The number of benzene rings is 4. The predicted molar refractivity (Wildman–Crippen MR) is 117 cm³/mol. The molecule has 0 aliphatic rings. The van der Waals surface area contributed by atoms with Crippen LogP contribution in [0.5, 0.6) is 0 Å². The van der Waals surface area contributed by atoms with E-state index in [9.17, 15) is 17.6 Å². The summed E-state index contributed by atoms with van der Waals surface area (Å²) in [5.74, 6) is -4.93. The highest BCUT2D eigenvalue weighted by atomic mass is 19.2. The van der Waals surface area contributed by atoms with Gasteiger partial charge in [0.05, 0.1) is 0 Å². The minimum atomic E-state index is -1.57. The van der Waals surface area contributed by atoms with E-state index < -0.39 is 23.3 Å². The van der Waals surface area contributed by atoms with E-state index in [4.69, 9.17) is 0 Å². The quantitative estimate of drug-likeness (QED) is 0.231. The second-order valence-corrected chi connectivity index (χ2v) is 7.15. The van der Waals surface area contributed by atoms with Gasteiger partial charge in [-0.3, -0.25) is 0 Å². The molecule has 0 aliphatic heterocycles. The molecular formula is C27H18F4. The Bertz CT molecular complexity index is 1230. The van der Waals surface area contributed by atoms with E-state index in [1.54, 1.807) is 6.07 Å². The lowest BCUT2D eigenvalue weighted by Gasteiger charge is -2.09. The third-order valence-electron chi connectivity index (χ3n) is 5.09. The molecule has 4 aromatic rings. The van der Waals surface area contributed by atoms with E-state index in [0.717, 1.165) is 34.4 Å². The number of allylic oxidation sites excluding steroid dienone is 1. The Morgan fingerprint density at radius 2 is 0.968 bits per heavy atom. The molecule has 0 spiro atoms. The van der Waals surface area contributed by atoms with Crippen LogP contribution in [0.4, 0.5) is 17.6 Å². The van der Waals surface area contributed by atoms with Crippen molar-refractivity contribution in [2.24, 2.45) is 0 Å². The lowest BCUT2D eigenvalue weighted by Crippen LogP contribution is -1.94. The number of rotatable bonds is 4. The van der Waals surface area contributed by atoms with E-state index in [0.29, 0.717) is 5.56 Å². The molecule has 0 radical (unpaired) electrons. The van der Waals surface area contributed by atoms with Crippen molar-refractivity contribution in [2.75, 3.05) is 0 Å². The largest absolute Gasteiger partial charge is 0.206 e. The smallest absolute Gasteiger partial charge is 0.194 e. The first-order valence-electron chi connectivity index (χ1n) is 9.74. The molecule has 0 heterocycles.